The third-order valence-electron chi connectivity index (χ3n) is 3.56. The monoisotopic (exact) mass is 337 g/mol. The number of ether oxygens (including phenoxy) is 1. The molecule has 106 valence electrons. The van der Waals surface area contributed by atoms with Gasteiger partial charge in [0.1, 0.15) is 12.1 Å². The number of hydrogen-bond acceptors (Lipinski definition) is 5. The minimum atomic E-state index is -0.164. The molecule has 1 fully saturated rings. The third kappa shape index (κ3) is 2.51. The van der Waals surface area contributed by atoms with Crippen molar-refractivity contribution in [1.29, 1.82) is 0 Å². The molecule has 0 radical (unpaired) electrons. The lowest BCUT2D eigenvalue weighted by atomic mass is 10.1. The molecule has 20 heavy (non-hydrogen) atoms. The van der Waals surface area contributed by atoms with Crippen molar-refractivity contribution in [3.8, 4) is 0 Å². The molecular weight excluding hydrogens is 322 g/mol. The van der Waals surface area contributed by atoms with Gasteiger partial charge in [-0.05, 0) is 25.1 Å². The molecule has 1 aliphatic rings. The number of aromatic nitrogens is 2. The zero-order chi connectivity index (χ0) is 14.1. The van der Waals surface area contributed by atoms with Crippen LogP contribution in [0.2, 0.25) is 0 Å². The average Bonchev–Trinajstić information content (AvgIpc) is 2.47. The molecule has 2 atom stereocenters. The summed E-state index contributed by atoms with van der Waals surface area (Å²) in [5.41, 5.74) is 0.914. The highest BCUT2D eigenvalue weighted by atomic mass is 79.9. The highest BCUT2D eigenvalue weighted by Gasteiger charge is 2.27. The van der Waals surface area contributed by atoms with Gasteiger partial charge in [-0.25, -0.2) is 9.97 Å². The minimum Gasteiger partial charge on any atom is -0.394 e. The van der Waals surface area contributed by atoms with Crippen molar-refractivity contribution in [3.63, 3.8) is 0 Å². The second kappa shape index (κ2) is 5.63. The van der Waals surface area contributed by atoms with Gasteiger partial charge in [-0.2, -0.15) is 0 Å². The Morgan fingerprint density at radius 2 is 2.30 bits per heavy atom. The molecule has 1 saturated heterocycles. The van der Waals surface area contributed by atoms with Crippen molar-refractivity contribution in [1.82, 2.24) is 9.97 Å². The maximum absolute atomic E-state index is 9.31. The summed E-state index contributed by atoms with van der Waals surface area (Å²) in [7, 11) is 0. The topological polar surface area (TPSA) is 58.5 Å². The summed E-state index contributed by atoms with van der Waals surface area (Å²) in [5, 5.41) is 10.3. The van der Waals surface area contributed by atoms with Gasteiger partial charge in [0.2, 0.25) is 0 Å². The summed E-state index contributed by atoms with van der Waals surface area (Å²) >= 11 is 3.49. The molecule has 2 aromatic rings. The molecule has 2 heterocycles. The summed E-state index contributed by atoms with van der Waals surface area (Å²) in [6, 6.07) is 6.19. The number of rotatable bonds is 2. The van der Waals surface area contributed by atoms with Gasteiger partial charge in [0, 0.05) is 16.4 Å². The lowest BCUT2D eigenvalue weighted by Crippen LogP contribution is -2.50. The summed E-state index contributed by atoms with van der Waals surface area (Å²) < 4.78 is 6.58. The van der Waals surface area contributed by atoms with Crippen LogP contribution in [0.1, 0.15) is 6.92 Å². The van der Waals surface area contributed by atoms with Gasteiger partial charge in [0.25, 0.3) is 0 Å². The highest BCUT2D eigenvalue weighted by molar-refractivity contribution is 9.10. The van der Waals surface area contributed by atoms with Gasteiger partial charge in [0.05, 0.1) is 30.9 Å². The zero-order valence-corrected chi connectivity index (χ0v) is 12.7. The minimum absolute atomic E-state index is 0.0237. The fourth-order valence-electron chi connectivity index (χ4n) is 2.47. The smallest absolute Gasteiger partial charge is 0.140 e. The van der Waals surface area contributed by atoms with Crippen molar-refractivity contribution >= 4 is 32.7 Å². The molecular formula is C14H16BrN3O2. The molecule has 0 saturated carbocycles. The Morgan fingerprint density at radius 1 is 1.45 bits per heavy atom. The molecule has 1 aromatic heterocycles. The van der Waals surface area contributed by atoms with E-state index in [-0.39, 0.29) is 18.8 Å². The van der Waals surface area contributed by atoms with Gasteiger partial charge < -0.3 is 14.7 Å². The number of aliphatic hydroxyl groups excluding tert-OH is 1. The summed E-state index contributed by atoms with van der Waals surface area (Å²) in [6.07, 6.45) is 1.42. The van der Waals surface area contributed by atoms with Crippen LogP contribution in [0.25, 0.3) is 10.9 Å². The predicted molar refractivity (Wildman–Crippen MR) is 80.9 cm³/mol. The summed E-state index contributed by atoms with van der Waals surface area (Å²) in [4.78, 5) is 10.9. The van der Waals surface area contributed by atoms with Gasteiger partial charge in [-0.3, -0.25) is 0 Å². The third-order valence-corrected chi connectivity index (χ3v) is 4.05. The van der Waals surface area contributed by atoms with Crippen LogP contribution in [0.5, 0.6) is 0 Å². The molecule has 1 N–H and O–H groups in total. The maximum atomic E-state index is 9.31. The second-order valence-corrected chi connectivity index (χ2v) is 5.91. The Morgan fingerprint density at radius 3 is 3.10 bits per heavy atom. The Hall–Kier alpha value is -1.24. The molecule has 0 spiro atoms. The van der Waals surface area contributed by atoms with E-state index < -0.39 is 0 Å². The Balaban J connectivity index is 2.06. The zero-order valence-electron chi connectivity index (χ0n) is 11.2. The molecule has 1 aliphatic heterocycles. The highest BCUT2D eigenvalue weighted by Crippen LogP contribution is 2.29. The van der Waals surface area contributed by atoms with Crippen molar-refractivity contribution in [2.45, 2.75) is 19.1 Å². The first-order chi connectivity index (χ1) is 9.69. The van der Waals surface area contributed by atoms with Crippen LogP contribution < -0.4 is 4.90 Å². The number of nitrogens with zero attached hydrogens (tertiary/aromatic N) is 3. The summed E-state index contributed by atoms with van der Waals surface area (Å²) in [5.74, 6) is 0.894. The molecule has 3 rings (SSSR count). The standard InChI is InChI=1S/C14H16BrN3O2/c1-9-7-20-11(6-19)5-18(9)14-12-4-10(15)2-3-13(12)16-8-17-14/h2-4,8-9,11,19H,5-7H2,1H3. The SMILES string of the molecule is CC1COC(CO)CN1c1ncnc2ccc(Br)cc12. The molecule has 0 bridgehead atoms. The molecule has 0 aliphatic carbocycles. The van der Waals surface area contributed by atoms with Crippen molar-refractivity contribution in [2.24, 2.45) is 0 Å². The fraction of sp³-hybridized carbons (Fsp3) is 0.429. The second-order valence-electron chi connectivity index (χ2n) is 5.00. The normalized spacial score (nSPS) is 23.2. The predicted octanol–water partition coefficient (Wildman–Crippen LogP) is 1.98. The molecule has 1 aromatic carbocycles. The quantitative estimate of drug-likeness (QED) is 0.907. The van der Waals surface area contributed by atoms with Crippen molar-refractivity contribution < 1.29 is 9.84 Å². The van der Waals surface area contributed by atoms with E-state index in [1.54, 1.807) is 6.33 Å². The van der Waals surface area contributed by atoms with Gasteiger partial charge in [-0.15, -0.1) is 0 Å². The first-order valence-electron chi connectivity index (χ1n) is 6.58. The van der Waals surface area contributed by atoms with E-state index in [0.717, 1.165) is 21.2 Å². The molecule has 6 heteroatoms. The Bertz CT molecular complexity index is 622. The lowest BCUT2D eigenvalue weighted by Gasteiger charge is -2.38. The van der Waals surface area contributed by atoms with Gasteiger partial charge in [-0.1, -0.05) is 15.9 Å². The van der Waals surface area contributed by atoms with E-state index in [2.05, 4.69) is 37.7 Å². The lowest BCUT2D eigenvalue weighted by molar-refractivity contribution is -0.0104. The van der Waals surface area contributed by atoms with Crippen molar-refractivity contribution in [2.75, 3.05) is 24.7 Å². The van der Waals surface area contributed by atoms with E-state index in [1.165, 1.54) is 0 Å². The largest absolute Gasteiger partial charge is 0.394 e. The van der Waals surface area contributed by atoms with E-state index in [0.29, 0.717) is 13.2 Å². The molecule has 5 nitrogen and oxygen atoms in total. The maximum Gasteiger partial charge on any atom is 0.140 e. The van der Waals surface area contributed by atoms with E-state index in [1.807, 2.05) is 18.2 Å². The van der Waals surface area contributed by atoms with Crippen LogP contribution in [0.4, 0.5) is 5.82 Å². The van der Waals surface area contributed by atoms with Crippen LogP contribution in [-0.4, -0.2) is 47.0 Å². The number of hydrogen-bond donors (Lipinski definition) is 1. The van der Waals surface area contributed by atoms with Crippen LogP contribution in [0.15, 0.2) is 29.0 Å². The number of morpholine rings is 1. The van der Waals surface area contributed by atoms with Gasteiger partial charge >= 0.3 is 0 Å². The van der Waals surface area contributed by atoms with Gasteiger partial charge in [0.15, 0.2) is 0 Å². The first kappa shape index (κ1) is 13.7. The number of aliphatic hydroxyl groups is 1. The van der Waals surface area contributed by atoms with Crippen LogP contribution in [-0.2, 0) is 4.74 Å². The van der Waals surface area contributed by atoms with Crippen LogP contribution in [0, 0.1) is 0 Å². The van der Waals surface area contributed by atoms with Crippen LogP contribution >= 0.6 is 15.9 Å². The summed E-state index contributed by atoms with van der Waals surface area (Å²) in [6.45, 7) is 3.34. The molecule has 0 amide bonds. The van der Waals surface area contributed by atoms with E-state index >= 15 is 0 Å². The number of benzene rings is 1. The van der Waals surface area contributed by atoms with E-state index in [9.17, 15) is 5.11 Å². The van der Waals surface area contributed by atoms with Crippen LogP contribution in [0.3, 0.4) is 0 Å². The Kier molecular flexibility index (Phi) is 3.87. The van der Waals surface area contributed by atoms with E-state index in [4.69, 9.17) is 4.74 Å². The molecule has 2 unspecified atom stereocenters. The fourth-order valence-corrected chi connectivity index (χ4v) is 2.83. The number of anilines is 1. The number of fused-ring (bicyclic) bond motifs is 1. The average molecular weight is 338 g/mol. The number of halogens is 1. The first-order valence-corrected chi connectivity index (χ1v) is 7.37. The Labute approximate surface area is 125 Å². The van der Waals surface area contributed by atoms with Crippen molar-refractivity contribution in [3.05, 3.63) is 29.0 Å².